The van der Waals surface area contributed by atoms with Gasteiger partial charge in [-0.2, -0.15) is 0 Å². The van der Waals surface area contributed by atoms with E-state index in [1.807, 2.05) is 60.8 Å². The Bertz CT molecular complexity index is 1650. The molecule has 7 heteroatoms. The molecule has 6 nitrogen and oxygen atoms in total. The van der Waals surface area contributed by atoms with Gasteiger partial charge in [0.1, 0.15) is 11.5 Å². The average Bonchev–Trinajstić information content (AvgIpc) is 3.49. The molecule has 1 saturated heterocycles. The zero-order chi connectivity index (χ0) is 28.5. The first-order valence-electron chi connectivity index (χ1n) is 13.7. The van der Waals surface area contributed by atoms with Gasteiger partial charge in [0.25, 0.3) is 0 Å². The highest BCUT2D eigenvalue weighted by Crippen LogP contribution is 2.44. The van der Waals surface area contributed by atoms with Gasteiger partial charge >= 0.3 is 0 Å². The molecule has 0 radical (unpaired) electrons. The molecular weight excluding hydrogens is 526 g/mol. The topological polar surface area (TPSA) is 45.6 Å². The minimum absolute atomic E-state index is 0.0979. The predicted octanol–water partition coefficient (Wildman–Crippen LogP) is 7.52. The first-order valence-corrected chi connectivity index (χ1v) is 14.1. The second-order valence-electron chi connectivity index (χ2n) is 10.5. The summed E-state index contributed by atoms with van der Waals surface area (Å²) in [4.78, 5) is 9.05. The van der Waals surface area contributed by atoms with Crippen LogP contribution in [-0.4, -0.2) is 28.8 Å². The summed E-state index contributed by atoms with van der Waals surface area (Å²) in [6.07, 6.45) is 1.84. The van der Waals surface area contributed by atoms with E-state index >= 15 is 0 Å². The number of nitrogens with one attached hydrogen (secondary N) is 1. The van der Waals surface area contributed by atoms with Crippen molar-refractivity contribution in [1.29, 1.82) is 0 Å². The summed E-state index contributed by atoms with van der Waals surface area (Å²) in [5.74, 6) is 1.58. The number of rotatable bonds is 7. The van der Waals surface area contributed by atoms with Gasteiger partial charge in [-0.15, -0.1) is 0 Å². The number of benzene rings is 3. The number of aromatic nitrogens is 2. The number of aryl methyl sites for hydroxylation is 1. The molecule has 2 aromatic heterocycles. The van der Waals surface area contributed by atoms with Gasteiger partial charge in [-0.05, 0) is 110 Å². The van der Waals surface area contributed by atoms with Crippen LogP contribution in [0.5, 0.6) is 11.5 Å². The van der Waals surface area contributed by atoms with E-state index in [1.54, 1.807) is 0 Å². The third-order valence-electron chi connectivity index (χ3n) is 7.61. The molecule has 6 rings (SSSR count). The lowest BCUT2D eigenvalue weighted by molar-refractivity contribution is 0.482. The Balaban J connectivity index is 1.40. The third kappa shape index (κ3) is 5.16. The molecule has 41 heavy (non-hydrogen) atoms. The maximum absolute atomic E-state index is 6.05. The van der Waals surface area contributed by atoms with E-state index in [1.165, 1.54) is 22.6 Å². The average molecular weight is 560 g/mol. The van der Waals surface area contributed by atoms with Gasteiger partial charge < -0.3 is 24.4 Å². The fourth-order valence-corrected chi connectivity index (χ4v) is 5.98. The molecule has 3 heterocycles. The number of hydrogen-bond donors (Lipinski definition) is 1. The van der Waals surface area contributed by atoms with Crippen LogP contribution in [0.1, 0.15) is 34.7 Å². The molecule has 1 fully saturated rings. The van der Waals surface area contributed by atoms with E-state index in [0.29, 0.717) is 5.11 Å². The number of ether oxygens (including phenoxy) is 1. The van der Waals surface area contributed by atoms with E-state index in [4.69, 9.17) is 21.9 Å². The number of para-hydroxylation sites is 1. The van der Waals surface area contributed by atoms with Crippen LogP contribution in [0.25, 0.3) is 5.69 Å². The highest BCUT2D eigenvalue weighted by molar-refractivity contribution is 7.80. The molecule has 0 unspecified atom stereocenters. The molecule has 0 saturated carbocycles. The molecule has 1 N–H and O–H groups in total. The first-order chi connectivity index (χ1) is 19.9. The zero-order valence-electron chi connectivity index (χ0n) is 23.7. The monoisotopic (exact) mass is 559 g/mol. The van der Waals surface area contributed by atoms with Crippen LogP contribution in [0.4, 0.5) is 11.4 Å². The summed E-state index contributed by atoms with van der Waals surface area (Å²) in [5, 5.41) is 4.26. The van der Waals surface area contributed by atoms with E-state index in [-0.39, 0.29) is 12.1 Å². The standard InChI is InChI=1S/C34H33N5OS/c1-23-22-30(24(2)38(23)26-15-13-25(14-16-26)37(3)4)33-32(31-12-8-9-21-35-31)36-34(41)39(33)27-17-19-29(20-18-27)40-28-10-6-5-7-11-28/h5-22,32-33H,1-4H3,(H,36,41)/t32-,33-/m0/s1. The molecule has 206 valence electrons. The Morgan fingerprint density at radius 2 is 1.46 bits per heavy atom. The molecule has 5 aromatic rings. The van der Waals surface area contributed by atoms with Crippen molar-refractivity contribution in [3.8, 4) is 17.2 Å². The van der Waals surface area contributed by atoms with Crippen LogP contribution in [0.3, 0.4) is 0 Å². The number of nitrogens with zero attached hydrogens (tertiary/aromatic N) is 4. The molecule has 0 spiro atoms. The van der Waals surface area contributed by atoms with Gasteiger partial charge in [-0.3, -0.25) is 4.98 Å². The van der Waals surface area contributed by atoms with Crippen molar-refractivity contribution < 1.29 is 4.74 Å². The van der Waals surface area contributed by atoms with Crippen molar-refractivity contribution in [1.82, 2.24) is 14.9 Å². The van der Waals surface area contributed by atoms with Crippen LogP contribution in [0.15, 0.2) is 109 Å². The Hall–Kier alpha value is -4.62. The number of anilines is 2. The van der Waals surface area contributed by atoms with Crippen molar-refractivity contribution in [2.45, 2.75) is 25.9 Å². The normalized spacial score (nSPS) is 16.5. The molecule has 3 aromatic carbocycles. The minimum Gasteiger partial charge on any atom is -0.457 e. The Labute approximate surface area is 246 Å². The van der Waals surface area contributed by atoms with E-state index in [9.17, 15) is 0 Å². The molecule has 0 amide bonds. The highest BCUT2D eigenvalue weighted by atomic mass is 32.1. The first kappa shape index (κ1) is 26.6. The molecular formula is C34H33N5OS. The molecule has 2 atom stereocenters. The lowest BCUT2D eigenvalue weighted by Gasteiger charge is -2.28. The Kier molecular flexibility index (Phi) is 7.20. The summed E-state index contributed by atoms with van der Waals surface area (Å²) in [6.45, 7) is 4.35. The van der Waals surface area contributed by atoms with E-state index < -0.39 is 0 Å². The van der Waals surface area contributed by atoms with Gasteiger partial charge in [0.15, 0.2) is 5.11 Å². The maximum Gasteiger partial charge on any atom is 0.174 e. The smallest absolute Gasteiger partial charge is 0.174 e. The summed E-state index contributed by atoms with van der Waals surface area (Å²) >= 11 is 5.97. The Morgan fingerprint density at radius 3 is 2.12 bits per heavy atom. The van der Waals surface area contributed by atoms with Crippen molar-refractivity contribution >= 4 is 28.7 Å². The summed E-state index contributed by atoms with van der Waals surface area (Å²) in [7, 11) is 4.11. The van der Waals surface area contributed by atoms with Gasteiger partial charge in [-0.1, -0.05) is 24.3 Å². The molecule has 1 aliphatic heterocycles. The largest absolute Gasteiger partial charge is 0.457 e. The fraction of sp³-hybridized carbons (Fsp3) is 0.176. The van der Waals surface area contributed by atoms with Crippen molar-refractivity contribution in [3.63, 3.8) is 0 Å². The second kappa shape index (κ2) is 11.1. The van der Waals surface area contributed by atoms with Crippen LogP contribution in [0.2, 0.25) is 0 Å². The molecule has 0 aliphatic carbocycles. The summed E-state index contributed by atoms with van der Waals surface area (Å²) in [6, 6.07) is 34.7. The summed E-state index contributed by atoms with van der Waals surface area (Å²) < 4.78 is 8.37. The lowest BCUT2D eigenvalue weighted by atomic mass is 9.96. The van der Waals surface area contributed by atoms with Crippen molar-refractivity contribution in [2.24, 2.45) is 0 Å². The highest BCUT2D eigenvalue weighted by Gasteiger charge is 2.42. The van der Waals surface area contributed by atoms with Crippen molar-refractivity contribution in [2.75, 3.05) is 23.9 Å². The fourth-order valence-electron chi connectivity index (χ4n) is 5.63. The van der Waals surface area contributed by atoms with E-state index in [0.717, 1.165) is 28.6 Å². The Morgan fingerprint density at radius 1 is 0.805 bits per heavy atom. The second-order valence-corrected chi connectivity index (χ2v) is 10.9. The SMILES string of the molecule is Cc1cc([C@H]2[C@H](c3ccccn3)NC(=S)N2c2ccc(Oc3ccccc3)cc2)c(C)n1-c1ccc(N(C)C)cc1. The molecule has 1 aliphatic rings. The maximum atomic E-state index is 6.05. The van der Waals surface area contributed by atoms with Crippen LogP contribution < -0.4 is 19.9 Å². The molecule has 0 bridgehead atoms. The number of thiocarbonyl (C=S) groups is 1. The van der Waals surface area contributed by atoms with Crippen LogP contribution >= 0.6 is 12.2 Å². The van der Waals surface area contributed by atoms with Gasteiger partial charge in [0.2, 0.25) is 0 Å². The number of hydrogen-bond acceptors (Lipinski definition) is 4. The predicted molar refractivity (Wildman–Crippen MR) is 170 cm³/mol. The van der Waals surface area contributed by atoms with Gasteiger partial charge in [-0.25, -0.2) is 0 Å². The summed E-state index contributed by atoms with van der Waals surface area (Å²) in [5.41, 5.74) is 7.78. The third-order valence-corrected chi connectivity index (χ3v) is 7.92. The van der Waals surface area contributed by atoms with Crippen LogP contribution in [-0.2, 0) is 0 Å². The van der Waals surface area contributed by atoms with Crippen LogP contribution in [0, 0.1) is 13.8 Å². The van der Waals surface area contributed by atoms with E-state index in [2.05, 4.69) is 96.2 Å². The van der Waals surface area contributed by atoms with Gasteiger partial charge in [0, 0.05) is 48.7 Å². The zero-order valence-corrected chi connectivity index (χ0v) is 24.5. The minimum atomic E-state index is -0.117. The number of pyridine rings is 1. The van der Waals surface area contributed by atoms with Crippen molar-refractivity contribution in [3.05, 3.63) is 132 Å². The van der Waals surface area contributed by atoms with Gasteiger partial charge in [0.05, 0.1) is 17.8 Å². The lowest BCUT2D eigenvalue weighted by Crippen LogP contribution is -2.29. The quantitative estimate of drug-likeness (QED) is 0.208.